The Bertz CT molecular complexity index is 553. The summed E-state index contributed by atoms with van der Waals surface area (Å²) in [5.74, 6) is -1.70. The summed E-state index contributed by atoms with van der Waals surface area (Å²) in [6.07, 6.45) is 0. The van der Waals surface area contributed by atoms with E-state index in [1.807, 2.05) is 4.72 Å². The minimum Gasteiger partial charge on any atom is -0.369 e. The van der Waals surface area contributed by atoms with E-state index >= 15 is 0 Å². The maximum Gasteiger partial charge on any atom is 0.250 e. The van der Waals surface area contributed by atoms with Gasteiger partial charge in [0, 0.05) is 0 Å². The summed E-state index contributed by atoms with van der Waals surface area (Å²) in [7, 11) is -3.98. The van der Waals surface area contributed by atoms with Crippen molar-refractivity contribution in [3.63, 3.8) is 0 Å². The second-order valence-electron chi connectivity index (χ2n) is 3.15. The molecule has 0 aliphatic carbocycles. The molecule has 7 nitrogen and oxygen atoms in total. The second-order valence-corrected chi connectivity index (χ2v) is 4.89. The summed E-state index contributed by atoms with van der Waals surface area (Å²) in [6, 6.07) is 5.41. The number of rotatable bonds is 5. The fourth-order valence-electron chi connectivity index (χ4n) is 1.15. The first-order valence-electron chi connectivity index (χ1n) is 4.51. The van der Waals surface area contributed by atoms with Crippen molar-refractivity contribution in [2.75, 3.05) is 6.54 Å². The number of primary amides is 2. The van der Waals surface area contributed by atoms with Crippen molar-refractivity contribution in [3.05, 3.63) is 29.8 Å². The van der Waals surface area contributed by atoms with Gasteiger partial charge in [-0.15, -0.1) is 0 Å². The van der Waals surface area contributed by atoms with Gasteiger partial charge in [0.25, 0.3) is 0 Å². The van der Waals surface area contributed by atoms with Crippen LogP contribution < -0.4 is 16.2 Å². The van der Waals surface area contributed by atoms with Crippen LogP contribution in [-0.2, 0) is 14.8 Å². The Labute approximate surface area is 97.8 Å². The Morgan fingerprint density at radius 2 is 1.76 bits per heavy atom. The highest BCUT2D eigenvalue weighted by molar-refractivity contribution is 7.89. The molecule has 0 spiro atoms. The number of benzene rings is 1. The lowest BCUT2D eigenvalue weighted by Gasteiger charge is -2.08. The van der Waals surface area contributed by atoms with E-state index in [1.165, 1.54) is 24.3 Å². The average Bonchev–Trinajstić information content (AvgIpc) is 2.26. The molecule has 1 aromatic carbocycles. The number of nitrogens with two attached hydrogens (primary N) is 2. The molecule has 0 heterocycles. The van der Waals surface area contributed by atoms with Crippen molar-refractivity contribution in [2.45, 2.75) is 4.90 Å². The number of hydrogen-bond donors (Lipinski definition) is 3. The van der Waals surface area contributed by atoms with Crippen LogP contribution in [0.15, 0.2) is 29.2 Å². The van der Waals surface area contributed by atoms with Crippen molar-refractivity contribution in [1.29, 1.82) is 0 Å². The molecule has 17 heavy (non-hydrogen) atoms. The highest BCUT2D eigenvalue weighted by Gasteiger charge is 2.20. The first-order valence-corrected chi connectivity index (χ1v) is 5.99. The molecule has 0 fully saturated rings. The summed E-state index contributed by atoms with van der Waals surface area (Å²) in [5.41, 5.74) is 9.71. The summed E-state index contributed by atoms with van der Waals surface area (Å²) in [4.78, 5) is 21.3. The quantitative estimate of drug-likeness (QED) is 0.595. The number of carbonyl (C=O) groups excluding carboxylic acids is 2. The Hall–Kier alpha value is -1.93. The van der Waals surface area contributed by atoms with Gasteiger partial charge in [0.1, 0.15) is 0 Å². The molecule has 0 atom stereocenters. The lowest BCUT2D eigenvalue weighted by Crippen LogP contribution is -2.34. The molecule has 0 saturated heterocycles. The van der Waals surface area contributed by atoms with Crippen molar-refractivity contribution in [2.24, 2.45) is 11.5 Å². The topological polar surface area (TPSA) is 132 Å². The molecule has 92 valence electrons. The van der Waals surface area contributed by atoms with Crippen LogP contribution in [0.3, 0.4) is 0 Å². The van der Waals surface area contributed by atoms with Crippen molar-refractivity contribution >= 4 is 21.8 Å². The van der Waals surface area contributed by atoms with E-state index in [1.54, 1.807) is 0 Å². The van der Waals surface area contributed by atoms with E-state index in [4.69, 9.17) is 11.5 Å². The van der Waals surface area contributed by atoms with Crippen LogP contribution in [0, 0.1) is 0 Å². The van der Waals surface area contributed by atoms with Gasteiger partial charge in [-0.2, -0.15) is 0 Å². The fourth-order valence-corrected chi connectivity index (χ4v) is 2.35. The zero-order valence-corrected chi connectivity index (χ0v) is 9.53. The lowest BCUT2D eigenvalue weighted by atomic mass is 10.2. The van der Waals surface area contributed by atoms with E-state index in [0.29, 0.717) is 0 Å². The molecule has 2 amide bonds. The van der Waals surface area contributed by atoms with Gasteiger partial charge < -0.3 is 11.5 Å². The molecule has 1 rings (SSSR count). The fraction of sp³-hybridized carbons (Fsp3) is 0.111. The van der Waals surface area contributed by atoms with Gasteiger partial charge in [-0.05, 0) is 12.1 Å². The first kappa shape index (κ1) is 13.1. The summed E-state index contributed by atoms with van der Waals surface area (Å²) >= 11 is 0. The highest BCUT2D eigenvalue weighted by atomic mass is 32.2. The predicted octanol–water partition coefficient (Wildman–Crippen LogP) is -1.45. The minimum atomic E-state index is -3.98. The molecule has 0 saturated carbocycles. The van der Waals surface area contributed by atoms with Gasteiger partial charge in [0.2, 0.25) is 21.8 Å². The minimum absolute atomic E-state index is 0.149. The third-order valence-corrected chi connectivity index (χ3v) is 3.34. The largest absolute Gasteiger partial charge is 0.369 e. The van der Waals surface area contributed by atoms with Crippen molar-refractivity contribution < 1.29 is 18.0 Å². The molecule has 0 bridgehead atoms. The molecule has 5 N–H and O–H groups in total. The summed E-state index contributed by atoms with van der Waals surface area (Å²) < 4.78 is 25.4. The molecule has 1 aromatic rings. The maximum absolute atomic E-state index is 11.7. The third-order valence-electron chi connectivity index (χ3n) is 1.88. The molecular weight excluding hydrogens is 246 g/mol. The van der Waals surface area contributed by atoms with Crippen molar-refractivity contribution in [3.8, 4) is 0 Å². The number of hydrogen-bond acceptors (Lipinski definition) is 4. The van der Waals surface area contributed by atoms with E-state index in [0.717, 1.165) is 0 Å². The Kier molecular flexibility index (Phi) is 3.81. The van der Waals surface area contributed by atoms with Gasteiger partial charge >= 0.3 is 0 Å². The monoisotopic (exact) mass is 257 g/mol. The van der Waals surface area contributed by atoms with E-state index in [2.05, 4.69) is 0 Å². The smallest absolute Gasteiger partial charge is 0.250 e. The molecule has 8 heteroatoms. The highest BCUT2D eigenvalue weighted by Crippen LogP contribution is 2.14. The van der Waals surface area contributed by atoms with Gasteiger partial charge in [0.15, 0.2) is 0 Å². The predicted molar refractivity (Wildman–Crippen MR) is 59.3 cm³/mol. The van der Waals surface area contributed by atoms with Gasteiger partial charge in [0.05, 0.1) is 17.0 Å². The number of amides is 2. The second kappa shape index (κ2) is 4.93. The lowest BCUT2D eigenvalue weighted by molar-refractivity contribution is -0.116. The molecule has 0 aliphatic heterocycles. The zero-order chi connectivity index (χ0) is 13.1. The number of nitrogens with one attached hydrogen (secondary N) is 1. The first-order chi connectivity index (χ1) is 7.84. The van der Waals surface area contributed by atoms with E-state index in [-0.39, 0.29) is 10.5 Å². The van der Waals surface area contributed by atoms with Crippen LogP contribution in [0.2, 0.25) is 0 Å². The number of sulfonamides is 1. The standard InChI is InChI=1S/C9H11N3O4S/c10-8(13)5-12-17(15,16)7-4-2-1-3-6(7)9(11)14/h1-4,12H,5H2,(H2,10,13)(H2,11,14). The zero-order valence-electron chi connectivity index (χ0n) is 8.71. The van der Waals surface area contributed by atoms with Crippen LogP contribution in [0.4, 0.5) is 0 Å². The van der Waals surface area contributed by atoms with Gasteiger partial charge in [-0.3, -0.25) is 9.59 Å². The van der Waals surface area contributed by atoms with Crippen LogP contribution in [0.1, 0.15) is 10.4 Å². The Balaban J connectivity index is 3.15. The van der Waals surface area contributed by atoms with E-state index < -0.39 is 28.4 Å². The molecule has 0 radical (unpaired) electrons. The number of carbonyl (C=O) groups is 2. The van der Waals surface area contributed by atoms with Crippen LogP contribution in [-0.4, -0.2) is 26.8 Å². The van der Waals surface area contributed by atoms with Crippen LogP contribution in [0.5, 0.6) is 0 Å². The SMILES string of the molecule is NC(=O)CNS(=O)(=O)c1ccccc1C(N)=O. The van der Waals surface area contributed by atoms with Crippen molar-refractivity contribution in [1.82, 2.24) is 4.72 Å². The molecule has 0 aromatic heterocycles. The van der Waals surface area contributed by atoms with Crippen LogP contribution in [0.25, 0.3) is 0 Å². The molecule has 0 unspecified atom stereocenters. The van der Waals surface area contributed by atoms with E-state index in [9.17, 15) is 18.0 Å². The normalized spacial score (nSPS) is 11.1. The Morgan fingerprint density at radius 1 is 1.18 bits per heavy atom. The third kappa shape index (κ3) is 3.26. The average molecular weight is 257 g/mol. The Morgan fingerprint density at radius 3 is 2.29 bits per heavy atom. The molecule has 0 aliphatic rings. The van der Waals surface area contributed by atoms with Gasteiger partial charge in [-0.25, -0.2) is 13.1 Å². The van der Waals surface area contributed by atoms with Gasteiger partial charge in [-0.1, -0.05) is 12.1 Å². The summed E-state index contributed by atoms with van der Waals surface area (Å²) in [5, 5.41) is 0. The molecular formula is C9H11N3O4S. The summed E-state index contributed by atoms with van der Waals surface area (Å²) in [6.45, 7) is -0.546. The maximum atomic E-state index is 11.7. The van der Waals surface area contributed by atoms with Crippen LogP contribution >= 0.6 is 0 Å².